The minimum atomic E-state index is -0.133. The highest BCUT2D eigenvalue weighted by Crippen LogP contribution is 2.32. The van der Waals surface area contributed by atoms with Gasteiger partial charge in [0.2, 0.25) is 6.79 Å². The number of anilines is 1. The van der Waals surface area contributed by atoms with Gasteiger partial charge in [0.05, 0.1) is 5.56 Å². The van der Waals surface area contributed by atoms with Gasteiger partial charge in [-0.15, -0.1) is 0 Å². The zero-order valence-electron chi connectivity index (χ0n) is 14.1. The molecule has 0 aliphatic carbocycles. The van der Waals surface area contributed by atoms with E-state index in [-0.39, 0.29) is 12.7 Å². The van der Waals surface area contributed by atoms with Gasteiger partial charge in [-0.3, -0.25) is 4.79 Å². The number of pyridine rings is 1. The van der Waals surface area contributed by atoms with E-state index in [1.807, 2.05) is 18.2 Å². The highest BCUT2D eigenvalue weighted by atomic mass is 16.7. The number of methoxy groups -OCH3 is 1. The fraction of sp³-hybridized carbons (Fsp3) is 0.333. The zero-order valence-corrected chi connectivity index (χ0v) is 14.1. The molecule has 0 radical (unpaired) electrons. The van der Waals surface area contributed by atoms with Crippen LogP contribution in [0.5, 0.6) is 11.5 Å². The van der Waals surface area contributed by atoms with Crippen molar-refractivity contribution >= 4 is 11.7 Å². The van der Waals surface area contributed by atoms with Gasteiger partial charge in [0.1, 0.15) is 5.82 Å². The summed E-state index contributed by atoms with van der Waals surface area (Å²) in [5.74, 6) is 2.09. The number of hydrogen-bond acceptors (Lipinski definition) is 6. The van der Waals surface area contributed by atoms with E-state index in [4.69, 9.17) is 14.2 Å². The molecule has 1 amide bonds. The Kier molecular flexibility index (Phi) is 5.69. The van der Waals surface area contributed by atoms with Crippen molar-refractivity contribution < 1.29 is 19.0 Å². The van der Waals surface area contributed by atoms with Crippen LogP contribution in [-0.4, -0.2) is 37.9 Å². The Morgan fingerprint density at radius 2 is 2.12 bits per heavy atom. The van der Waals surface area contributed by atoms with E-state index < -0.39 is 0 Å². The molecule has 0 bridgehead atoms. The molecule has 7 nitrogen and oxygen atoms in total. The molecule has 132 valence electrons. The summed E-state index contributed by atoms with van der Waals surface area (Å²) in [5.41, 5.74) is 1.59. The molecule has 1 aliphatic heterocycles. The van der Waals surface area contributed by atoms with Crippen molar-refractivity contribution in [3.8, 4) is 11.5 Å². The van der Waals surface area contributed by atoms with Crippen LogP contribution in [0.4, 0.5) is 5.82 Å². The van der Waals surface area contributed by atoms with Crippen LogP contribution in [0, 0.1) is 0 Å². The lowest BCUT2D eigenvalue weighted by Crippen LogP contribution is -2.25. The quantitative estimate of drug-likeness (QED) is 0.715. The predicted octanol–water partition coefficient (Wildman–Crippen LogP) is 2.19. The third-order valence-electron chi connectivity index (χ3n) is 3.75. The predicted molar refractivity (Wildman–Crippen MR) is 93.0 cm³/mol. The van der Waals surface area contributed by atoms with Gasteiger partial charge in [-0.25, -0.2) is 4.98 Å². The molecule has 0 unspecified atom stereocenters. The Morgan fingerprint density at radius 1 is 1.24 bits per heavy atom. The van der Waals surface area contributed by atoms with Crippen molar-refractivity contribution in [3.63, 3.8) is 0 Å². The molecule has 2 N–H and O–H groups in total. The number of carbonyl (C=O) groups is 1. The third-order valence-corrected chi connectivity index (χ3v) is 3.75. The minimum Gasteiger partial charge on any atom is -0.454 e. The molecule has 0 saturated carbocycles. The summed E-state index contributed by atoms with van der Waals surface area (Å²) in [6.45, 7) is 2.08. The Balaban J connectivity index is 1.50. The molecule has 7 heteroatoms. The first-order valence-corrected chi connectivity index (χ1v) is 8.12. The fourth-order valence-electron chi connectivity index (χ4n) is 2.40. The van der Waals surface area contributed by atoms with Crippen molar-refractivity contribution in [2.45, 2.75) is 13.0 Å². The Labute approximate surface area is 146 Å². The topological polar surface area (TPSA) is 81.7 Å². The molecule has 1 aliphatic rings. The maximum absolute atomic E-state index is 12.0. The van der Waals surface area contributed by atoms with E-state index in [1.54, 1.807) is 25.4 Å². The SMILES string of the molecule is COCCCNC(=O)c1ccc(NCc2ccc3c(c2)OCO3)nc1. The first-order chi connectivity index (χ1) is 12.3. The summed E-state index contributed by atoms with van der Waals surface area (Å²) in [5, 5.41) is 6.05. The fourth-order valence-corrected chi connectivity index (χ4v) is 2.40. The summed E-state index contributed by atoms with van der Waals surface area (Å²) in [4.78, 5) is 16.2. The average molecular weight is 343 g/mol. The number of amides is 1. The Hall–Kier alpha value is -2.80. The van der Waals surface area contributed by atoms with E-state index in [9.17, 15) is 4.79 Å². The van der Waals surface area contributed by atoms with E-state index in [0.29, 0.717) is 31.1 Å². The molecule has 0 spiro atoms. The lowest BCUT2D eigenvalue weighted by atomic mass is 10.2. The molecular weight excluding hydrogens is 322 g/mol. The van der Waals surface area contributed by atoms with Gasteiger partial charge in [-0.1, -0.05) is 6.07 Å². The van der Waals surface area contributed by atoms with Gasteiger partial charge in [0.15, 0.2) is 11.5 Å². The number of nitrogens with zero attached hydrogens (tertiary/aromatic N) is 1. The van der Waals surface area contributed by atoms with Crippen LogP contribution in [0.2, 0.25) is 0 Å². The van der Waals surface area contributed by atoms with Gasteiger partial charge in [-0.2, -0.15) is 0 Å². The number of benzene rings is 1. The number of fused-ring (bicyclic) bond motifs is 1. The number of nitrogens with one attached hydrogen (secondary N) is 2. The van der Waals surface area contributed by atoms with Crippen molar-refractivity contribution in [2.24, 2.45) is 0 Å². The van der Waals surface area contributed by atoms with Crippen LogP contribution >= 0.6 is 0 Å². The second kappa shape index (κ2) is 8.34. The normalized spacial score (nSPS) is 12.0. The third kappa shape index (κ3) is 4.60. The van der Waals surface area contributed by atoms with Gasteiger partial charge >= 0.3 is 0 Å². The summed E-state index contributed by atoms with van der Waals surface area (Å²) < 4.78 is 15.6. The van der Waals surface area contributed by atoms with Gasteiger partial charge < -0.3 is 24.8 Å². The molecule has 1 aromatic heterocycles. The highest BCUT2D eigenvalue weighted by Gasteiger charge is 2.13. The van der Waals surface area contributed by atoms with Gasteiger partial charge in [-0.05, 0) is 36.2 Å². The number of rotatable bonds is 8. The number of carbonyl (C=O) groups excluding carboxylic acids is 1. The largest absolute Gasteiger partial charge is 0.454 e. The van der Waals surface area contributed by atoms with Crippen molar-refractivity contribution in [3.05, 3.63) is 47.7 Å². The number of hydrogen-bond donors (Lipinski definition) is 2. The average Bonchev–Trinajstić information content (AvgIpc) is 3.11. The summed E-state index contributed by atoms with van der Waals surface area (Å²) in [7, 11) is 1.64. The van der Waals surface area contributed by atoms with Gasteiger partial charge in [0.25, 0.3) is 5.91 Å². The van der Waals surface area contributed by atoms with Crippen LogP contribution in [-0.2, 0) is 11.3 Å². The monoisotopic (exact) mass is 343 g/mol. The smallest absolute Gasteiger partial charge is 0.252 e. The summed E-state index contributed by atoms with van der Waals surface area (Å²) >= 11 is 0. The zero-order chi connectivity index (χ0) is 17.5. The second-order valence-electron chi connectivity index (χ2n) is 5.58. The van der Waals surface area contributed by atoms with Gasteiger partial charge in [0, 0.05) is 33.0 Å². The van der Waals surface area contributed by atoms with Crippen molar-refractivity contribution in [1.82, 2.24) is 10.3 Å². The van der Waals surface area contributed by atoms with E-state index in [1.165, 1.54) is 0 Å². The Bertz CT molecular complexity index is 719. The van der Waals surface area contributed by atoms with Crippen LogP contribution in [0.3, 0.4) is 0 Å². The van der Waals surface area contributed by atoms with E-state index >= 15 is 0 Å². The molecular formula is C18H21N3O4. The molecule has 2 heterocycles. The molecule has 2 aromatic rings. The summed E-state index contributed by atoms with van der Waals surface area (Å²) in [6.07, 6.45) is 2.35. The van der Waals surface area contributed by atoms with E-state index in [0.717, 1.165) is 23.5 Å². The van der Waals surface area contributed by atoms with Crippen molar-refractivity contribution in [2.75, 3.05) is 32.4 Å². The van der Waals surface area contributed by atoms with Crippen molar-refractivity contribution in [1.29, 1.82) is 0 Å². The van der Waals surface area contributed by atoms with Crippen LogP contribution in [0.1, 0.15) is 22.3 Å². The van der Waals surface area contributed by atoms with Crippen LogP contribution in [0.15, 0.2) is 36.5 Å². The minimum absolute atomic E-state index is 0.133. The standard InChI is InChI=1S/C18H21N3O4/c1-23-8-2-7-19-18(22)14-4-6-17(21-11-14)20-10-13-3-5-15-16(9-13)25-12-24-15/h3-6,9,11H,2,7-8,10,12H2,1H3,(H,19,22)(H,20,21). The molecule has 0 atom stereocenters. The molecule has 0 fully saturated rings. The number of ether oxygens (including phenoxy) is 3. The first kappa shape index (κ1) is 17.0. The first-order valence-electron chi connectivity index (χ1n) is 8.12. The Morgan fingerprint density at radius 3 is 2.92 bits per heavy atom. The highest BCUT2D eigenvalue weighted by molar-refractivity contribution is 5.94. The molecule has 0 saturated heterocycles. The van der Waals surface area contributed by atoms with Crippen LogP contribution < -0.4 is 20.1 Å². The maximum Gasteiger partial charge on any atom is 0.252 e. The molecule has 3 rings (SSSR count). The summed E-state index contributed by atoms with van der Waals surface area (Å²) in [6, 6.07) is 9.35. The lowest BCUT2D eigenvalue weighted by molar-refractivity contribution is 0.0948. The molecule has 25 heavy (non-hydrogen) atoms. The molecule has 1 aromatic carbocycles. The maximum atomic E-state index is 12.0. The lowest BCUT2D eigenvalue weighted by Gasteiger charge is -2.08. The van der Waals surface area contributed by atoms with Crippen LogP contribution in [0.25, 0.3) is 0 Å². The number of aromatic nitrogens is 1. The second-order valence-corrected chi connectivity index (χ2v) is 5.58. The van der Waals surface area contributed by atoms with E-state index in [2.05, 4.69) is 15.6 Å².